The van der Waals surface area contributed by atoms with Crippen LogP contribution in [0.3, 0.4) is 0 Å². The van der Waals surface area contributed by atoms with E-state index in [4.69, 9.17) is 23.2 Å². The van der Waals surface area contributed by atoms with Gasteiger partial charge in [0.2, 0.25) is 0 Å². The molecule has 0 aliphatic rings. The molecular formula is C19H11Cl2F2NO4S. The van der Waals surface area contributed by atoms with Crippen LogP contribution in [0.2, 0.25) is 10.0 Å². The lowest BCUT2D eigenvalue weighted by molar-refractivity contribution is 0.0690. The lowest BCUT2D eigenvalue weighted by atomic mass is 10.0. The van der Waals surface area contributed by atoms with E-state index in [-0.39, 0.29) is 20.5 Å². The number of aromatic nitrogens is 1. The molecule has 0 saturated heterocycles. The zero-order valence-electron chi connectivity index (χ0n) is 14.3. The van der Waals surface area contributed by atoms with Crippen molar-refractivity contribution in [2.24, 2.45) is 0 Å². The Balaban J connectivity index is 2.34. The average molecular weight is 458 g/mol. The van der Waals surface area contributed by atoms with Crippen LogP contribution in [0.1, 0.15) is 26.9 Å². The molecule has 0 aliphatic heterocycles. The molecule has 150 valence electrons. The fourth-order valence-electron chi connectivity index (χ4n) is 2.75. The highest BCUT2D eigenvalue weighted by Crippen LogP contribution is 2.40. The van der Waals surface area contributed by atoms with Crippen molar-refractivity contribution >= 4 is 39.0 Å². The lowest BCUT2D eigenvalue weighted by Gasteiger charge is -2.21. The first-order valence-corrected chi connectivity index (χ1v) is 10.2. The molecule has 1 atom stereocenters. The van der Waals surface area contributed by atoms with Gasteiger partial charge in [-0.1, -0.05) is 23.2 Å². The monoisotopic (exact) mass is 457 g/mol. The molecule has 1 aromatic heterocycles. The second-order valence-corrected chi connectivity index (χ2v) is 8.82. The van der Waals surface area contributed by atoms with Gasteiger partial charge in [-0.2, -0.15) is 0 Å². The highest BCUT2D eigenvalue weighted by Gasteiger charge is 2.35. The normalized spacial score (nSPS) is 12.6. The highest BCUT2D eigenvalue weighted by atomic mass is 35.5. The van der Waals surface area contributed by atoms with Crippen LogP contribution in [-0.4, -0.2) is 24.5 Å². The quantitative estimate of drug-likeness (QED) is 0.587. The van der Waals surface area contributed by atoms with Gasteiger partial charge in [0.05, 0.1) is 9.92 Å². The molecule has 0 saturated carbocycles. The fraction of sp³-hybridized carbons (Fsp3) is 0.0526. The summed E-state index contributed by atoms with van der Waals surface area (Å²) in [5, 5.41) is 7.42. The number of hydrogen-bond donors (Lipinski definition) is 1. The molecular weight excluding hydrogens is 447 g/mol. The number of aromatic carboxylic acids is 1. The first-order chi connectivity index (χ1) is 13.6. The molecule has 10 heteroatoms. The maximum Gasteiger partial charge on any atom is 0.354 e. The Morgan fingerprint density at radius 3 is 2.28 bits per heavy atom. The van der Waals surface area contributed by atoms with Crippen LogP contribution >= 0.6 is 23.2 Å². The number of hydrogen-bond acceptors (Lipinski definition) is 4. The third kappa shape index (κ3) is 4.24. The van der Waals surface area contributed by atoms with Crippen LogP contribution in [0.25, 0.3) is 0 Å². The van der Waals surface area contributed by atoms with Gasteiger partial charge in [-0.3, -0.25) is 0 Å². The van der Waals surface area contributed by atoms with Gasteiger partial charge in [0, 0.05) is 16.8 Å². The topological polar surface area (TPSA) is 84.3 Å². The van der Waals surface area contributed by atoms with Crippen molar-refractivity contribution in [1.82, 2.24) is 4.98 Å². The van der Waals surface area contributed by atoms with E-state index in [0.717, 1.165) is 30.5 Å². The molecule has 5 nitrogen and oxygen atoms in total. The minimum absolute atomic E-state index is 0.221. The van der Waals surface area contributed by atoms with Gasteiger partial charge in [-0.05, 0) is 54.1 Å². The molecule has 3 aromatic rings. The van der Waals surface area contributed by atoms with Crippen molar-refractivity contribution in [3.8, 4) is 0 Å². The summed E-state index contributed by atoms with van der Waals surface area (Å²) in [7, 11) is -4.40. The van der Waals surface area contributed by atoms with E-state index in [1.807, 2.05) is 0 Å². The van der Waals surface area contributed by atoms with Crippen LogP contribution in [0.15, 0.2) is 59.6 Å². The predicted molar refractivity (Wildman–Crippen MR) is 103 cm³/mol. The van der Waals surface area contributed by atoms with E-state index >= 15 is 0 Å². The van der Waals surface area contributed by atoms with Gasteiger partial charge in [-0.15, -0.1) is 0 Å². The number of carboxylic acid groups (broad SMARTS) is 1. The van der Waals surface area contributed by atoms with E-state index in [9.17, 15) is 27.1 Å². The molecule has 1 unspecified atom stereocenters. The Hall–Kier alpha value is -2.55. The van der Waals surface area contributed by atoms with E-state index in [0.29, 0.717) is 0 Å². The summed E-state index contributed by atoms with van der Waals surface area (Å²) < 4.78 is 55.2. The highest BCUT2D eigenvalue weighted by molar-refractivity contribution is 7.92. The minimum Gasteiger partial charge on any atom is -0.477 e. The second kappa shape index (κ2) is 8.06. The second-order valence-electron chi connectivity index (χ2n) is 5.94. The molecule has 2 aromatic carbocycles. The molecule has 1 heterocycles. The third-order valence-electron chi connectivity index (χ3n) is 4.08. The summed E-state index contributed by atoms with van der Waals surface area (Å²) in [5.74, 6) is -3.31. The Kier molecular flexibility index (Phi) is 5.88. The number of benzene rings is 2. The molecule has 0 bridgehead atoms. The summed E-state index contributed by atoms with van der Waals surface area (Å²) in [6.07, 6.45) is 0.946. The number of rotatable bonds is 5. The SMILES string of the molecule is O=C(O)c1cc(C(c2cc(F)ccc2F)S(=O)(=O)c2ccc(Cl)cc2)c(Cl)cn1. The first kappa shape index (κ1) is 21.2. The largest absolute Gasteiger partial charge is 0.477 e. The Labute approximate surface area is 174 Å². The standard InChI is InChI=1S/C19H11Cl2F2NO4S/c20-10-1-4-12(5-2-10)29(27,28)18(14-7-11(22)3-6-16(14)23)13-8-17(19(25)26)24-9-15(13)21/h1-9,18H,(H,25,26). The molecule has 1 N–H and O–H groups in total. The third-order valence-corrected chi connectivity index (χ3v) is 6.71. The number of carbonyl (C=O) groups is 1. The summed E-state index contributed by atoms with van der Waals surface area (Å²) >= 11 is 11.9. The molecule has 0 aliphatic carbocycles. The summed E-state index contributed by atoms with van der Waals surface area (Å²) in [5.41, 5.74) is -1.28. The first-order valence-electron chi connectivity index (χ1n) is 7.94. The minimum atomic E-state index is -4.40. The van der Waals surface area contributed by atoms with Gasteiger partial charge in [-0.25, -0.2) is 27.0 Å². The van der Waals surface area contributed by atoms with Crippen molar-refractivity contribution in [1.29, 1.82) is 0 Å². The summed E-state index contributed by atoms with van der Waals surface area (Å²) in [6, 6.07) is 8.32. The van der Waals surface area contributed by atoms with Gasteiger partial charge in [0.1, 0.15) is 22.6 Å². The van der Waals surface area contributed by atoms with Crippen LogP contribution in [0, 0.1) is 11.6 Å². The van der Waals surface area contributed by atoms with Gasteiger partial charge in [0.25, 0.3) is 0 Å². The smallest absolute Gasteiger partial charge is 0.354 e. The molecule has 0 amide bonds. The van der Waals surface area contributed by atoms with Crippen LogP contribution in [-0.2, 0) is 9.84 Å². The number of nitrogens with zero attached hydrogens (tertiary/aromatic N) is 1. The van der Waals surface area contributed by atoms with E-state index in [1.165, 1.54) is 24.3 Å². The number of carboxylic acids is 1. The molecule has 3 rings (SSSR count). The van der Waals surface area contributed by atoms with Gasteiger partial charge >= 0.3 is 5.97 Å². The van der Waals surface area contributed by atoms with Crippen LogP contribution < -0.4 is 0 Å². The number of halogens is 4. The van der Waals surface area contributed by atoms with Crippen LogP contribution in [0.5, 0.6) is 0 Å². The van der Waals surface area contributed by atoms with E-state index in [2.05, 4.69) is 4.98 Å². The number of sulfone groups is 1. The van der Waals surface area contributed by atoms with Crippen molar-refractivity contribution in [2.45, 2.75) is 10.1 Å². The molecule has 0 spiro atoms. The molecule has 0 radical (unpaired) electrons. The van der Waals surface area contributed by atoms with Crippen molar-refractivity contribution in [2.75, 3.05) is 0 Å². The fourth-order valence-corrected chi connectivity index (χ4v) is 4.98. The maximum atomic E-state index is 14.6. The molecule has 0 fully saturated rings. The van der Waals surface area contributed by atoms with E-state index in [1.54, 1.807) is 0 Å². The van der Waals surface area contributed by atoms with Gasteiger partial charge < -0.3 is 5.11 Å². The maximum absolute atomic E-state index is 14.6. The average Bonchev–Trinajstić information content (AvgIpc) is 2.66. The van der Waals surface area contributed by atoms with Gasteiger partial charge in [0.15, 0.2) is 9.84 Å². The summed E-state index contributed by atoms with van der Waals surface area (Å²) in [6.45, 7) is 0. The van der Waals surface area contributed by atoms with Crippen molar-refractivity contribution in [3.63, 3.8) is 0 Å². The Morgan fingerprint density at radius 1 is 1.00 bits per heavy atom. The zero-order chi connectivity index (χ0) is 21.3. The summed E-state index contributed by atoms with van der Waals surface area (Å²) in [4.78, 5) is 14.7. The molecule has 29 heavy (non-hydrogen) atoms. The van der Waals surface area contributed by atoms with Crippen molar-refractivity contribution in [3.05, 3.63) is 93.2 Å². The number of pyridine rings is 1. The van der Waals surface area contributed by atoms with Crippen molar-refractivity contribution < 1.29 is 27.1 Å². The predicted octanol–water partition coefficient (Wildman–Crippen LogP) is 4.93. The Morgan fingerprint density at radius 2 is 1.66 bits per heavy atom. The van der Waals surface area contributed by atoms with Crippen LogP contribution in [0.4, 0.5) is 8.78 Å². The lowest BCUT2D eigenvalue weighted by Crippen LogP contribution is -2.18. The van der Waals surface area contributed by atoms with E-state index < -0.39 is 43.9 Å². The Bertz CT molecular complexity index is 1200. The zero-order valence-corrected chi connectivity index (χ0v) is 16.6.